The molecule has 1 N–H and O–H groups in total. The van der Waals surface area contributed by atoms with Crippen molar-refractivity contribution in [3.05, 3.63) is 72.3 Å². The van der Waals surface area contributed by atoms with Crippen molar-refractivity contribution in [3.63, 3.8) is 0 Å². The van der Waals surface area contributed by atoms with Crippen molar-refractivity contribution in [3.8, 4) is 5.69 Å². The van der Waals surface area contributed by atoms with E-state index in [1.807, 2.05) is 0 Å². The van der Waals surface area contributed by atoms with Gasteiger partial charge in [0, 0.05) is 10.0 Å². The Bertz CT molecular complexity index is 976. The van der Waals surface area contributed by atoms with E-state index in [2.05, 4.69) is 4.98 Å². The number of hydrogen-bond acceptors (Lipinski definition) is 2. The number of aromatic amines is 1. The summed E-state index contributed by atoms with van der Waals surface area (Å²) in [7, 11) is 0. The number of H-pyrrole nitrogens is 1. The molecular formula is C14H7Cl3N2O2. The number of nitrogens with zero attached hydrogens (tertiary/aromatic N) is 1. The van der Waals surface area contributed by atoms with Crippen molar-refractivity contribution < 1.29 is 0 Å². The van der Waals surface area contributed by atoms with Gasteiger partial charge in [-0.05, 0) is 36.4 Å². The fourth-order valence-electron chi connectivity index (χ4n) is 2.07. The van der Waals surface area contributed by atoms with E-state index in [0.29, 0.717) is 20.9 Å². The predicted molar refractivity (Wildman–Crippen MR) is 85.2 cm³/mol. The summed E-state index contributed by atoms with van der Waals surface area (Å²) < 4.78 is 0.949. The molecule has 0 fully saturated rings. The fraction of sp³-hybridized carbons (Fsp3) is 0. The highest BCUT2D eigenvalue weighted by Gasteiger charge is 2.13. The van der Waals surface area contributed by atoms with Crippen LogP contribution in [0.2, 0.25) is 15.1 Å². The van der Waals surface area contributed by atoms with Crippen LogP contribution in [0.3, 0.4) is 0 Å². The molecule has 0 atom stereocenters. The number of rotatable bonds is 1. The number of aromatic nitrogens is 2. The van der Waals surface area contributed by atoms with Crippen LogP contribution in [0.5, 0.6) is 0 Å². The zero-order valence-corrected chi connectivity index (χ0v) is 12.6. The van der Waals surface area contributed by atoms with Gasteiger partial charge >= 0.3 is 5.69 Å². The summed E-state index contributed by atoms with van der Waals surface area (Å²) in [5, 5.41) is 1.38. The summed E-state index contributed by atoms with van der Waals surface area (Å²) in [5.74, 6) is 0. The molecule has 0 bridgehead atoms. The maximum absolute atomic E-state index is 12.5. The number of hydrogen-bond donors (Lipinski definition) is 1. The van der Waals surface area contributed by atoms with E-state index in [9.17, 15) is 9.59 Å². The summed E-state index contributed by atoms with van der Waals surface area (Å²) in [6.45, 7) is 0. The van der Waals surface area contributed by atoms with E-state index in [1.54, 1.807) is 18.2 Å². The van der Waals surface area contributed by atoms with Gasteiger partial charge in [0.15, 0.2) is 0 Å². The van der Waals surface area contributed by atoms with E-state index in [-0.39, 0.29) is 10.7 Å². The third-order valence-corrected chi connectivity index (χ3v) is 3.80. The molecule has 2 aromatic carbocycles. The first-order valence-electron chi connectivity index (χ1n) is 5.87. The maximum atomic E-state index is 12.5. The summed E-state index contributed by atoms with van der Waals surface area (Å²) in [5.41, 5.74) is -0.507. The molecule has 0 spiro atoms. The molecule has 0 aliphatic carbocycles. The first kappa shape index (κ1) is 14.2. The highest BCUT2D eigenvalue weighted by Crippen LogP contribution is 2.23. The Morgan fingerprint density at radius 1 is 0.905 bits per heavy atom. The lowest BCUT2D eigenvalue weighted by Crippen LogP contribution is -2.33. The van der Waals surface area contributed by atoms with Crippen LogP contribution in [0.15, 0.2) is 46.0 Å². The Hall–Kier alpha value is -1.75. The third-order valence-electron chi connectivity index (χ3n) is 3.01. The predicted octanol–water partition coefficient (Wildman–Crippen LogP) is 3.64. The van der Waals surface area contributed by atoms with Gasteiger partial charge in [-0.1, -0.05) is 34.8 Å². The van der Waals surface area contributed by atoms with Crippen LogP contribution in [-0.2, 0) is 0 Å². The highest BCUT2D eigenvalue weighted by atomic mass is 35.5. The molecule has 7 heteroatoms. The molecular weight excluding hydrogens is 335 g/mol. The number of fused-ring (bicyclic) bond motifs is 1. The van der Waals surface area contributed by atoms with Crippen molar-refractivity contribution in [2.75, 3.05) is 0 Å². The SMILES string of the molecule is O=c1[nH]c2cc(Cl)ccc2c(=O)n1-c1cc(Cl)ccc1Cl. The van der Waals surface area contributed by atoms with Crippen molar-refractivity contribution in [2.45, 2.75) is 0 Å². The van der Waals surface area contributed by atoms with Crippen molar-refractivity contribution in [2.24, 2.45) is 0 Å². The van der Waals surface area contributed by atoms with Gasteiger partial charge < -0.3 is 4.98 Å². The van der Waals surface area contributed by atoms with Gasteiger partial charge in [-0.2, -0.15) is 0 Å². The second-order valence-electron chi connectivity index (χ2n) is 4.36. The summed E-state index contributed by atoms with van der Waals surface area (Å²) in [6.07, 6.45) is 0. The van der Waals surface area contributed by atoms with Crippen molar-refractivity contribution >= 4 is 45.7 Å². The van der Waals surface area contributed by atoms with Crippen LogP contribution in [0.4, 0.5) is 0 Å². The standard InChI is InChI=1S/C14H7Cl3N2O2/c15-7-1-3-9-11(5-7)18-14(21)19(13(9)20)12-6-8(16)2-4-10(12)17/h1-6H,(H,18,21). The Labute approximate surface area is 133 Å². The summed E-state index contributed by atoms with van der Waals surface area (Å²) in [4.78, 5) is 27.3. The molecule has 0 aliphatic heterocycles. The summed E-state index contributed by atoms with van der Waals surface area (Å²) >= 11 is 17.8. The fourth-order valence-corrected chi connectivity index (χ4v) is 2.61. The Morgan fingerprint density at radius 2 is 1.57 bits per heavy atom. The zero-order chi connectivity index (χ0) is 15.1. The maximum Gasteiger partial charge on any atom is 0.333 e. The molecule has 0 amide bonds. The molecule has 3 aromatic rings. The van der Waals surface area contributed by atoms with Gasteiger partial charge in [-0.3, -0.25) is 4.79 Å². The highest BCUT2D eigenvalue weighted by molar-refractivity contribution is 6.34. The van der Waals surface area contributed by atoms with E-state index in [0.717, 1.165) is 4.57 Å². The lowest BCUT2D eigenvalue weighted by Gasteiger charge is -2.08. The van der Waals surface area contributed by atoms with Gasteiger partial charge in [0.1, 0.15) is 0 Å². The second kappa shape index (κ2) is 5.22. The molecule has 3 rings (SSSR count). The smallest absolute Gasteiger partial charge is 0.306 e. The van der Waals surface area contributed by atoms with Crippen LogP contribution in [0, 0.1) is 0 Å². The van der Waals surface area contributed by atoms with Gasteiger partial charge in [-0.25, -0.2) is 9.36 Å². The van der Waals surface area contributed by atoms with Gasteiger partial charge in [0.05, 0.1) is 21.6 Å². The van der Waals surface area contributed by atoms with Crippen LogP contribution in [0.25, 0.3) is 16.6 Å². The molecule has 4 nitrogen and oxygen atoms in total. The molecule has 0 saturated carbocycles. The molecule has 106 valence electrons. The third kappa shape index (κ3) is 2.46. The molecule has 0 aliphatic rings. The summed E-state index contributed by atoms with van der Waals surface area (Å²) in [6, 6.07) is 9.20. The van der Waals surface area contributed by atoms with E-state index < -0.39 is 11.2 Å². The molecule has 0 saturated heterocycles. The molecule has 0 unspecified atom stereocenters. The number of benzene rings is 2. The molecule has 0 radical (unpaired) electrons. The average Bonchev–Trinajstić information content (AvgIpc) is 2.42. The Morgan fingerprint density at radius 3 is 2.33 bits per heavy atom. The molecule has 21 heavy (non-hydrogen) atoms. The number of nitrogens with one attached hydrogen (secondary N) is 1. The van der Waals surface area contributed by atoms with E-state index in [1.165, 1.54) is 18.2 Å². The van der Waals surface area contributed by atoms with Gasteiger partial charge in [0.2, 0.25) is 0 Å². The average molecular weight is 342 g/mol. The van der Waals surface area contributed by atoms with Crippen LogP contribution < -0.4 is 11.2 Å². The zero-order valence-electron chi connectivity index (χ0n) is 10.4. The van der Waals surface area contributed by atoms with Gasteiger partial charge in [0.25, 0.3) is 5.56 Å². The van der Waals surface area contributed by atoms with Crippen molar-refractivity contribution in [1.82, 2.24) is 9.55 Å². The normalized spacial score (nSPS) is 11.0. The minimum absolute atomic E-state index is 0.229. The first-order valence-corrected chi connectivity index (χ1v) is 7.01. The first-order chi connectivity index (χ1) is 9.97. The Kier molecular flexibility index (Phi) is 3.53. The quantitative estimate of drug-likeness (QED) is 0.734. The largest absolute Gasteiger partial charge is 0.333 e. The van der Waals surface area contributed by atoms with Crippen LogP contribution in [0.1, 0.15) is 0 Å². The topological polar surface area (TPSA) is 54.9 Å². The van der Waals surface area contributed by atoms with Crippen LogP contribution >= 0.6 is 34.8 Å². The van der Waals surface area contributed by atoms with Crippen LogP contribution in [-0.4, -0.2) is 9.55 Å². The lowest BCUT2D eigenvalue weighted by molar-refractivity contribution is 0.901. The van der Waals surface area contributed by atoms with E-state index in [4.69, 9.17) is 34.8 Å². The number of halogens is 3. The van der Waals surface area contributed by atoms with E-state index >= 15 is 0 Å². The van der Waals surface area contributed by atoms with Crippen molar-refractivity contribution in [1.29, 1.82) is 0 Å². The molecule has 1 aromatic heterocycles. The lowest BCUT2D eigenvalue weighted by atomic mass is 10.2. The van der Waals surface area contributed by atoms with Gasteiger partial charge in [-0.15, -0.1) is 0 Å². The molecule has 1 heterocycles. The minimum Gasteiger partial charge on any atom is -0.306 e. The Balaban J connectivity index is 2.44. The monoisotopic (exact) mass is 340 g/mol. The minimum atomic E-state index is -0.612. The second-order valence-corrected chi connectivity index (χ2v) is 5.64.